The maximum Gasteiger partial charge on any atom is 0.262 e. The van der Waals surface area contributed by atoms with Gasteiger partial charge in [0.2, 0.25) is 0 Å². The van der Waals surface area contributed by atoms with Crippen LogP contribution in [0.4, 0.5) is 11.4 Å². The molecule has 4 nitrogen and oxygen atoms in total. The van der Waals surface area contributed by atoms with Crippen LogP contribution in [0.25, 0.3) is 0 Å². The molecule has 0 aliphatic heterocycles. The van der Waals surface area contributed by atoms with Crippen molar-refractivity contribution in [1.29, 1.82) is 0 Å². The van der Waals surface area contributed by atoms with Gasteiger partial charge in [0.25, 0.3) is 5.91 Å². The van der Waals surface area contributed by atoms with Crippen LogP contribution in [0.15, 0.2) is 66.7 Å². The summed E-state index contributed by atoms with van der Waals surface area (Å²) in [5.74, 6) is 0.157. The molecule has 0 saturated carbocycles. The van der Waals surface area contributed by atoms with Crippen LogP contribution < -0.4 is 15.4 Å². The van der Waals surface area contributed by atoms with Crippen molar-refractivity contribution in [3.8, 4) is 5.75 Å². The molecule has 2 N–H and O–H groups in total. The van der Waals surface area contributed by atoms with Crippen molar-refractivity contribution in [2.45, 2.75) is 6.54 Å². The van der Waals surface area contributed by atoms with E-state index in [-0.39, 0.29) is 12.5 Å². The van der Waals surface area contributed by atoms with E-state index < -0.39 is 0 Å². The van der Waals surface area contributed by atoms with Gasteiger partial charge < -0.3 is 15.4 Å². The van der Waals surface area contributed by atoms with Crippen molar-refractivity contribution in [3.05, 3.63) is 87.4 Å². The van der Waals surface area contributed by atoms with Crippen LogP contribution in [0.2, 0.25) is 15.1 Å². The highest BCUT2D eigenvalue weighted by atomic mass is 35.5. The third kappa shape index (κ3) is 6.06. The monoisotopic (exact) mass is 434 g/mol. The molecule has 3 aromatic rings. The van der Waals surface area contributed by atoms with Crippen LogP contribution in [0.3, 0.4) is 0 Å². The average Bonchev–Trinajstić information content (AvgIpc) is 2.67. The van der Waals surface area contributed by atoms with Gasteiger partial charge in [-0.1, -0.05) is 46.9 Å². The smallest absolute Gasteiger partial charge is 0.262 e. The van der Waals surface area contributed by atoms with Gasteiger partial charge in [-0.3, -0.25) is 4.79 Å². The fourth-order valence-corrected chi connectivity index (χ4v) is 3.02. The topological polar surface area (TPSA) is 50.4 Å². The number of carbonyl (C=O) groups is 1. The molecule has 0 spiro atoms. The zero-order valence-corrected chi connectivity index (χ0v) is 17.0. The summed E-state index contributed by atoms with van der Waals surface area (Å²) in [6, 6.07) is 19.7. The number of nitrogens with one attached hydrogen (secondary N) is 2. The maximum absolute atomic E-state index is 12.0. The Kier molecular flexibility index (Phi) is 7.04. The Bertz CT molecular complexity index is 962. The minimum atomic E-state index is -0.287. The Labute approximate surface area is 178 Å². The number of amides is 1. The summed E-state index contributed by atoms with van der Waals surface area (Å²) in [5.41, 5.74) is 2.54. The molecule has 28 heavy (non-hydrogen) atoms. The summed E-state index contributed by atoms with van der Waals surface area (Å²) in [7, 11) is 0. The van der Waals surface area contributed by atoms with Crippen LogP contribution in [0.5, 0.6) is 5.75 Å². The first-order valence-corrected chi connectivity index (χ1v) is 9.59. The number of hydrogen-bond acceptors (Lipinski definition) is 3. The molecular formula is C21H17Cl3N2O2. The minimum absolute atomic E-state index is 0.150. The van der Waals surface area contributed by atoms with Gasteiger partial charge in [-0.15, -0.1) is 0 Å². The van der Waals surface area contributed by atoms with Crippen LogP contribution in [-0.4, -0.2) is 12.5 Å². The molecule has 3 rings (SSSR count). The molecule has 0 unspecified atom stereocenters. The van der Waals surface area contributed by atoms with Gasteiger partial charge in [-0.25, -0.2) is 0 Å². The summed E-state index contributed by atoms with van der Waals surface area (Å²) in [6.07, 6.45) is 0. The third-order valence-corrected chi connectivity index (χ3v) is 4.59. The molecule has 0 fully saturated rings. The number of rotatable bonds is 7. The van der Waals surface area contributed by atoms with Crippen molar-refractivity contribution < 1.29 is 9.53 Å². The van der Waals surface area contributed by atoms with Gasteiger partial charge >= 0.3 is 0 Å². The Balaban J connectivity index is 1.52. The lowest BCUT2D eigenvalue weighted by molar-refractivity contribution is -0.118. The van der Waals surface area contributed by atoms with E-state index in [1.807, 2.05) is 30.3 Å². The molecule has 3 aromatic carbocycles. The molecule has 0 bridgehead atoms. The van der Waals surface area contributed by atoms with Gasteiger partial charge in [0.1, 0.15) is 5.75 Å². The number of ether oxygens (including phenoxy) is 1. The highest BCUT2D eigenvalue weighted by Crippen LogP contribution is 2.26. The second-order valence-electron chi connectivity index (χ2n) is 5.97. The van der Waals surface area contributed by atoms with Gasteiger partial charge in [0.05, 0.1) is 5.02 Å². The Morgan fingerprint density at radius 3 is 2.36 bits per heavy atom. The van der Waals surface area contributed by atoms with Crippen LogP contribution >= 0.6 is 34.8 Å². The summed E-state index contributed by atoms with van der Waals surface area (Å²) in [4.78, 5) is 12.0. The van der Waals surface area contributed by atoms with Gasteiger partial charge in [-0.2, -0.15) is 0 Å². The first-order chi connectivity index (χ1) is 13.5. The molecule has 7 heteroatoms. The first-order valence-electron chi connectivity index (χ1n) is 8.46. The Morgan fingerprint density at radius 2 is 1.64 bits per heavy atom. The van der Waals surface area contributed by atoms with E-state index in [1.165, 1.54) is 0 Å². The number of carbonyl (C=O) groups excluding carboxylic acids is 1. The number of hydrogen-bond donors (Lipinski definition) is 2. The maximum atomic E-state index is 12.0. The Hall–Kier alpha value is -2.40. The molecule has 144 valence electrons. The lowest BCUT2D eigenvalue weighted by Crippen LogP contribution is -2.20. The number of anilines is 2. The van der Waals surface area contributed by atoms with Gasteiger partial charge in [0, 0.05) is 28.0 Å². The minimum Gasteiger partial charge on any atom is -0.482 e. The summed E-state index contributed by atoms with van der Waals surface area (Å²) < 4.78 is 5.52. The van der Waals surface area contributed by atoms with Crippen molar-refractivity contribution in [3.63, 3.8) is 0 Å². The van der Waals surface area contributed by atoms with Gasteiger partial charge in [-0.05, 0) is 60.2 Å². The standard InChI is InChI=1S/C21H17Cl3N2O2/c22-15-5-7-17(8-6-15)26-21(27)13-28-20-9-4-14(10-19(20)24)12-25-18-3-1-2-16(23)11-18/h1-11,25H,12-13H2,(H,26,27). The van der Waals surface area contributed by atoms with E-state index in [1.54, 1.807) is 36.4 Å². The second-order valence-corrected chi connectivity index (χ2v) is 7.25. The van der Waals surface area contributed by atoms with Gasteiger partial charge in [0.15, 0.2) is 6.61 Å². The Morgan fingerprint density at radius 1 is 0.857 bits per heavy atom. The molecule has 0 saturated heterocycles. The van der Waals surface area contributed by atoms with E-state index in [2.05, 4.69) is 10.6 Å². The highest BCUT2D eigenvalue weighted by molar-refractivity contribution is 6.32. The van der Waals surface area contributed by atoms with E-state index in [4.69, 9.17) is 39.5 Å². The predicted molar refractivity (Wildman–Crippen MR) is 116 cm³/mol. The predicted octanol–water partition coefficient (Wildman–Crippen LogP) is 6.28. The molecular weight excluding hydrogens is 419 g/mol. The second kappa shape index (κ2) is 9.69. The molecule has 0 aromatic heterocycles. The lowest BCUT2D eigenvalue weighted by Gasteiger charge is -2.11. The molecule has 0 radical (unpaired) electrons. The highest BCUT2D eigenvalue weighted by Gasteiger charge is 2.08. The quantitative estimate of drug-likeness (QED) is 0.459. The molecule has 0 aliphatic rings. The lowest BCUT2D eigenvalue weighted by atomic mass is 10.2. The normalized spacial score (nSPS) is 10.4. The average molecular weight is 436 g/mol. The number of halogens is 3. The fraction of sp³-hybridized carbons (Fsp3) is 0.0952. The van der Waals surface area contributed by atoms with Crippen LogP contribution in [0, 0.1) is 0 Å². The first kappa shape index (κ1) is 20.3. The summed E-state index contributed by atoms with van der Waals surface area (Å²) >= 11 is 18.1. The zero-order chi connectivity index (χ0) is 19.9. The number of benzene rings is 3. The summed E-state index contributed by atoms with van der Waals surface area (Å²) in [5, 5.41) is 7.71. The van der Waals surface area contributed by atoms with E-state index in [0.717, 1.165) is 11.3 Å². The fourth-order valence-electron chi connectivity index (χ4n) is 2.45. The van der Waals surface area contributed by atoms with Crippen molar-refractivity contribution in [2.75, 3.05) is 17.2 Å². The van der Waals surface area contributed by atoms with Crippen molar-refractivity contribution in [1.82, 2.24) is 0 Å². The molecule has 0 atom stereocenters. The largest absolute Gasteiger partial charge is 0.482 e. The van der Waals surface area contributed by atoms with E-state index in [9.17, 15) is 4.79 Å². The molecule has 1 amide bonds. The summed E-state index contributed by atoms with van der Waals surface area (Å²) in [6.45, 7) is 0.430. The van der Waals surface area contributed by atoms with E-state index in [0.29, 0.717) is 33.0 Å². The molecule has 0 aliphatic carbocycles. The SMILES string of the molecule is O=C(COc1ccc(CNc2cccc(Cl)c2)cc1Cl)Nc1ccc(Cl)cc1. The van der Waals surface area contributed by atoms with Crippen molar-refractivity contribution >= 4 is 52.1 Å². The molecule has 0 heterocycles. The van der Waals surface area contributed by atoms with Crippen molar-refractivity contribution in [2.24, 2.45) is 0 Å². The third-order valence-electron chi connectivity index (χ3n) is 3.80. The zero-order valence-electron chi connectivity index (χ0n) is 14.7. The van der Waals surface area contributed by atoms with Crippen LogP contribution in [0.1, 0.15) is 5.56 Å². The van der Waals surface area contributed by atoms with E-state index >= 15 is 0 Å². The van der Waals surface area contributed by atoms with Crippen LogP contribution in [-0.2, 0) is 11.3 Å².